The normalized spacial score (nSPS) is 24.2. The van der Waals surface area contributed by atoms with Crippen LogP contribution in [0.25, 0.3) is 0 Å². The van der Waals surface area contributed by atoms with Crippen LogP contribution in [-0.2, 0) is 19.1 Å². The van der Waals surface area contributed by atoms with E-state index in [0.717, 1.165) is 0 Å². The third-order valence-corrected chi connectivity index (χ3v) is 3.61. The van der Waals surface area contributed by atoms with E-state index in [-0.39, 0.29) is 24.8 Å². The molecule has 1 aliphatic rings. The molecular formula is C12H19NO5. The van der Waals surface area contributed by atoms with E-state index < -0.39 is 23.2 Å². The number of aliphatic carboxylic acids is 1. The Balaban J connectivity index is 2.56. The standard InChI is InChI=1S/C12H19NO5/c1-12(2)8(9(12)11(16)17)10(15)13(3)6-5-7(14)18-4/h8-9H,5-6H2,1-4H3,(H,16,17)/t8-,9+/m1/s1. The number of carbonyl (C=O) groups is 3. The highest BCUT2D eigenvalue weighted by atomic mass is 16.5. The lowest BCUT2D eigenvalue weighted by Gasteiger charge is -2.17. The summed E-state index contributed by atoms with van der Waals surface area (Å²) in [7, 11) is 2.85. The van der Waals surface area contributed by atoms with Crippen LogP contribution >= 0.6 is 0 Å². The average molecular weight is 257 g/mol. The van der Waals surface area contributed by atoms with E-state index in [0.29, 0.717) is 0 Å². The van der Waals surface area contributed by atoms with Gasteiger partial charge in [0, 0.05) is 13.6 Å². The van der Waals surface area contributed by atoms with Crippen LogP contribution in [-0.4, -0.2) is 48.6 Å². The van der Waals surface area contributed by atoms with Crippen LogP contribution in [0.5, 0.6) is 0 Å². The highest BCUT2D eigenvalue weighted by Gasteiger charge is 2.66. The summed E-state index contributed by atoms with van der Waals surface area (Å²) in [6.07, 6.45) is 0.115. The molecule has 6 nitrogen and oxygen atoms in total. The van der Waals surface area contributed by atoms with Crippen LogP contribution in [0.2, 0.25) is 0 Å². The van der Waals surface area contributed by atoms with Crippen molar-refractivity contribution < 1.29 is 24.2 Å². The van der Waals surface area contributed by atoms with Crippen LogP contribution in [0.4, 0.5) is 0 Å². The first-order chi connectivity index (χ1) is 8.23. The van der Waals surface area contributed by atoms with Gasteiger partial charge in [0.1, 0.15) is 0 Å². The monoisotopic (exact) mass is 257 g/mol. The number of esters is 1. The molecule has 102 valence electrons. The molecule has 18 heavy (non-hydrogen) atoms. The Morgan fingerprint density at radius 1 is 1.28 bits per heavy atom. The number of hydrogen-bond donors (Lipinski definition) is 1. The molecule has 0 bridgehead atoms. The molecule has 1 fully saturated rings. The van der Waals surface area contributed by atoms with Crippen molar-refractivity contribution >= 4 is 17.8 Å². The van der Waals surface area contributed by atoms with E-state index in [1.54, 1.807) is 20.9 Å². The van der Waals surface area contributed by atoms with Crippen molar-refractivity contribution in [2.45, 2.75) is 20.3 Å². The van der Waals surface area contributed by atoms with Gasteiger partial charge in [-0.3, -0.25) is 14.4 Å². The molecule has 6 heteroatoms. The molecule has 1 amide bonds. The fourth-order valence-electron chi connectivity index (χ4n) is 2.27. The van der Waals surface area contributed by atoms with Gasteiger partial charge in [0.2, 0.25) is 5.91 Å². The molecule has 0 unspecified atom stereocenters. The summed E-state index contributed by atoms with van der Waals surface area (Å²) in [4.78, 5) is 35.4. The van der Waals surface area contributed by atoms with Gasteiger partial charge in [-0.25, -0.2) is 0 Å². The molecule has 1 saturated carbocycles. The maximum atomic E-state index is 12.0. The number of amides is 1. The van der Waals surface area contributed by atoms with Crippen molar-refractivity contribution in [2.24, 2.45) is 17.3 Å². The Morgan fingerprint density at radius 2 is 1.83 bits per heavy atom. The van der Waals surface area contributed by atoms with Crippen LogP contribution in [0.15, 0.2) is 0 Å². The zero-order valence-electron chi connectivity index (χ0n) is 11.1. The zero-order chi connectivity index (χ0) is 14.1. The maximum absolute atomic E-state index is 12.0. The maximum Gasteiger partial charge on any atom is 0.307 e. The second kappa shape index (κ2) is 4.96. The number of ether oxygens (including phenoxy) is 1. The van der Waals surface area contributed by atoms with Gasteiger partial charge in [-0.1, -0.05) is 13.8 Å². The minimum Gasteiger partial charge on any atom is -0.481 e. The van der Waals surface area contributed by atoms with Gasteiger partial charge in [-0.15, -0.1) is 0 Å². The van der Waals surface area contributed by atoms with Crippen molar-refractivity contribution in [3.05, 3.63) is 0 Å². The Morgan fingerprint density at radius 3 is 2.22 bits per heavy atom. The minimum absolute atomic E-state index is 0.115. The molecule has 0 saturated heterocycles. The Labute approximate surface area is 106 Å². The van der Waals surface area contributed by atoms with E-state index in [4.69, 9.17) is 5.11 Å². The van der Waals surface area contributed by atoms with E-state index in [2.05, 4.69) is 4.74 Å². The molecule has 0 aromatic carbocycles. The van der Waals surface area contributed by atoms with Gasteiger partial charge < -0.3 is 14.7 Å². The zero-order valence-corrected chi connectivity index (χ0v) is 11.1. The summed E-state index contributed by atoms with van der Waals surface area (Å²) in [6.45, 7) is 3.77. The summed E-state index contributed by atoms with van der Waals surface area (Å²) in [5.41, 5.74) is -0.511. The predicted molar refractivity (Wildman–Crippen MR) is 62.7 cm³/mol. The molecule has 0 aromatic heterocycles. The number of rotatable bonds is 5. The lowest BCUT2D eigenvalue weighted by molar-refractivity contribution is -0.143. The topological polar surface area (TPSA) is 83.9 Å². The number of carbonyl (C=O) groups excluding carboxylic acids is 2. The van der Waals surface area contributed by atoms with Crippen molar-refractivity contribution in [3.63, 3.8) is 0 Å². The second-order valence-corrected chi connectivity index (χ2v) is 5.20. The lowest BCUT2D eigenvalue weighted by Crippen LogP contribution is -2.32. The summed E-state index contributed by atoms with van der Waals surface area (Å²) in [6, 6.07) is 0. The van der Waals surface area contributed by atoms with Crippen LogP contribution in [0, 0.1) is 17.3 Å². The largest absolute Gasteiger partial charge is 0.481 e. The van der Waals surface area contributed by atoms with Crippen molar-refractivity contribution in [1.29, 1.82) is 0 Å². The van der Waals surface area contributed by atoms with Gasteiger partial charge in [0.25, 0.3) is 0 Å². The van der Waals surface area contributed by atoms with Crippen molar-refractivity contribution in [3.8, 4) is 0 Å². The number of carboxylic acid groups (broad SMARTS) is 1. The van der Waals surface area contributed by atoms with E-state index >= 15 is 0 Å². The minimum atomic E-state index is -0.945. The Hall–Kier alpha value is -1.59. The first-order valence-electron chi connectivity index (χ1n) is 5.78. The van der Waals surface area contributed by atoms with Gasteiger partial charge in [0.15, 0.2) is 0 Å². The Bertz CT molecular complexity index is 377. The number of nitrogens with zero attached hydrogens (tertiary/aromatic N) is 1. The molecule has 0 radical (unpaired) electrons. The first kappa shape index (κ1) is 14.5. The lowest BCUT2D eigenvalue weighted by atomic mass is 10.1. The third-order valence-electron chi connectivity index (χ3n) is 3.61. The van der Waals surface area contributed by atoms with Gasteiger partial charge in [-0.2, -0.15) is 0 Å². The third kappa shape index (κ3) is 2.63. The smallest absolute Gasteiger partial charge is 0.307 e. The van der Waals surface area contributed by atoms with Gasteiger partial charge in [0.05, 0.1) is 25.4 Å². The van der Waals surface area contributed by atoms with Crippen molar-refractivity contribution in [2.75, 3.05) is 20.7 Å². The molecule has 1 N–H and O–H groups in total. The highest BCUT2D eigenvalue weighted by molar-refractivity contribution is 5.91. The quantitative estimate of drug-likeness (QED) is 0.719. The molecular weight excluding hydrogens is 238 g/mol. The first-order valence-corrected chi connectivity index (χ1v) is 5.78. The molecule has 0 heterocycles. The number of carboxylic acids is 1. The molecule has 1 aliphatic carbocycles. The van der Waals surface area contributed by atoms with Gasteiger partial charge in [-0.05, 0) is 5.41 Å². The van der Waals surface area contributed by atoms with E-state index in [9.17, 15) is 14.4 Å². The molecule has 0 spiro atoms. The predicted octanol–water partition coefficient (Wildman–Crippen LogP) is 0.365. The highest BCUT2D eigenvalue weighted by Crippen LogP contribution is 2.58. The average Bonchev–Trinajstić information content (AvgIpc) is 2.87. The number of hydrogen-bond acceptors (Lipinski definition) is 4. The van der Waals surface area contributed by atoms with Crippen LogP contribution in [0.3, 0.4) is 0 Å². The fraction of sp³-hybridized carbons (Fsp3) is 0.750. The summed E-state index contributed by atoms with van der Waals surface area (Å²) < 4.78 is 4.49. The second-order valence-electron chi connectivity index (χ2n) is 5.20. The fourth-order valence-corrected chi connectivity index (χ4v) is 2.27. The summed E-state index contributed by atoms with van der Waals surface area (Å²) >= 11 is 0. The molecule has 1 rings (SSSR count). The van der Waals surface area contributed by atoms with E-state index in [1.165, 1.54) is 12.0 Å². The molecule has 0 aliphatic heterocycles. The van der Waals surface area contributed by atoms with Crippen molar-refractivity contribution in [1.82, 2.24) is 4.90 Å². The SMILES string of the molecule is COC(=O)CCN(C)C(=O)[C@H]1[C@@H](C(=O)O)C1(C)C. The Kier molecular flexibility index (Phi) is 3.98. The summed E-state index contributed by atoms with van der Waals surface area (Å²) in [5.74, 6) is -2.70. The molecule has 2 atom stereocenters. The van der Waals surface area contributed by atoms with Gasteiger partial charge >= 0.3 is 11.9 Å². The summed E-state index contributed by atoms with van der Waals surface area (Å²) in [5, 5.41) is 9.00. The number of methoxy groups -OCH3 is 1. The van der Waals surface area contributed by atoms with E-state index in [1.807, 2.05) is 0 Å². The molecule has 0 aromatic rings. The van der Waals surface area contributed by atoms with Crippen LogP contribution in [0.1, 0.15) is 20.3 Å². The van der Waals surface area contributed by atoms with Crippen LogP contribution < -0.4 is 0 Å².